The molecule has 0 saturated heterocycles. The highest BCUT2D eigenvalue weighted by Crippen LogP contribution is 2.34. The van der Waals surface area contributed by atoms with Gasteiger partial charge in [-0.05, 0) is 43.3 Å². The number of carbonyl (C=O) groups is 1. The SMILES string of the molecule is CCOc1ccc(-c2cc(=O)n(CC(=O)Nc3ccccc3C(F)(F)F)cn2)cc1. The van der Waals surface area contributed by atoms with Crippen LogP contribution in [-0.2, 0) is 17.5 Å². The van der Waals surface area contributed by atoms with Gasteiger partial charge in [0.2, 0.25) is 5.91 Å². The van der Waals surface area contributed by atoms with Gasteiger partial charge >= 0.3 is 6.18 Å². The minimum atomic E-state index is -4.61. The fraction of sp³-hybridized carbons (Fsp3) is 0.190. The van der Waals surface area contributed by atoms with Crippen LogP contribution in [0.15, 0.2) is 65.7 Å². The minimum absolute atomic E-state index is 0.373. The van der Waals surface area contributed by atoms with Crippen molar-refractivity contribution in [3.63, 3.8) is 0 Å². The molecule has 1 heterocycles. The standard InChI is InChI=1S/C21H18F3N3O3/c1-2-30-15-9-7-14(8-10-15)18-11-20(29)27(13-25-18)12-19(28)26-17-6-4-3-5-16(17)21(22,23)24/h3-11,13H,2,12H2,1H3,(H,26,28). The fourth-order valence-corrected chi connectivity index (χ4v) is 2.77. The van der Waals surface area contributed by atoms with Crippen LogP contribution in [0.1, 0.15) is 12.5 Å². The van der Waals surface area contributed by atoms with Gasteiger partial charge in [-0.1, -0.05) is 12.1 Å². The molecule has 0 bridgehead atoms. The number of hydrogen-bond acceptors (Lipinski definition) is 4. The lowest BCUT2D eigenvalue weighted by Gasteiger charge is -2.14. The zero-order valence-corrected chi connectivity index (χ0v) is 15.9. The highest BCUT2D eigenvalue weighted by Gasteiger charge is 2.33. The van der Waals surface area contributed by atoms with E-state index in [1.54, 1.807) is 24.3 Å². The van der Waals surface area contributed by atoms with Crippen molar-refractivity contribution in [1.82, 2.24) is 9.55 Å². The summed E-state index contributed by atoms with van der Waals surface area (Å²) in [6.07, 6.45) is -3.43. The zero-order chi connectivity index (χ0) is 21.7. The van der Waals surface area contributed by atoms with Crippen molar-refractivity contribution in [2.45, 2.75) is 19.6 Å². The van der Waals surface area contributed by atoms with Crippen LogP contribution in [0.4, 0.5) is 18.9 Å². The Bertz CT molecular complexity index is 1090. The van der Waals surface area contributed by atoms with E-state index in [1.807, 2.05) is 6.92 Å². The van der Waals surface area contributed by atoms with Gasteiger partial charge in [-0.3, -0.25) is 14.2 Å². The predicted octanol–water partition coefficient (Wildman–Crippen LogP) is 3.97. The molecule has 9 heteroatoms. The van der Waals surface area contributed by atoms with E-state index in [-0.39, 0.29) is 5.69 Å². The average Bonchev–Trinajstić information content (AvgIpc) is 2.70. The second kappa shape index (κ2) is 8.81. The Balaban J connectivity index is 1.74. The summed E-state index contributed by atoms with van der Waals surface area (Å²) < 4.78 is 45.5. The maximum Gasteiger partial charge on any atom is 0.418 e. The smallest absolute Gasteiger partial charge is 0.418 e. The average molecular weight is 417 g/mol. The van der Waals surface area contributed by atoms with Crippen LogP contribution in [0.3, 0.4) is 0 Å². The lowest BCUT2D eigenvalue weighted by Crippen LogP contribution is -2.28. The Morgan fingerprint density at radius 2 is 1.83 bits per heavy atom. The molecule has 0 atom stereocenters. The molecular formula is C21H18F3N3O3. The molecular weight excluding hydrogens is 399 g/mol. The number of carbonyl (C=O) groups excluding carboxylic acids is 1. The van der Waals surface area contributed by atoms with E-state index in [0.29, 0.717) is 23.6 Å². The fourth-order valence-electron chi connectivity index (χ4n) is 2.77. The topological polar surface area (TPSA) is 73.2 Å². The largest absolute Gasteiger partial charge is 0.494 e. The molecule has 0 aliphatic rings. The lowest BCUT2D eigenvalue weighted by molar-refractivity contribution is -0.137. The summed E-state index contributed by atoms with van der Waals surface area (Å²) in [6, 6.07) is 12.9. The molecule has 6 nitrogen and oxygen atoms in total. The van der Waals surface area contributed by atoms with Gasteiger partial charge in [0, 0.05) is 11.6 Å². The number of anilines is 1. The van der Waals surface area contributed by atoms with Gasteiger partial charge in [0.05, 0.1) is 29.9 Å². The van der Waals surface area contributed by atoms with E-state index < -0.39 is 29.8 Å². The molecule has 3 aromatic rings. The molecule has 30 heavy (non-hydrogen) atoms. The highest BCUT2D eigenvalue weighted by molar-refractivity contribution is 5.91. The summed E-state index contributed by atoms with van der Waals surface area (Å²) in [5, 5.41) is 2.20. The number of benzene rings is 2. The molecule has 3 rings (SSSR count). The molecule has 1 N–H and O–H groups in total. The van der Waals surface area contributed by atoms with E-state index in [9.17, 15) is 22.8 Å². The monoisotopic (exact) mass is 417 g/mol. The van der Waals surface area contributed by atoms with Crippen LogP contribution in [0.25, 0.3) is 11.3 Å². The van der Waals surface area contributed by atoms with Gasteiger partial charge in [0.15, 0.2) is 0 Å². The third-order valence-corrected chi connectivity index (χ3v) is 4.16. The van der Waals surface area contributed by atoms with Gasteiger partial charge in [0.1, 0.15) is 12.3 Å². The molecule has 0 radical (unpaired) electrons. The quantitative estimate of drug-likeness (QED) is 0.659. The van der Waals surface area contributed by atoms with Crippen LogP contribution in [0.2, 0.25) is 0 Å². The minimum Gasteiger partial charge on any atom is -0.494 e. The van der Waals surface area contributed by atoms with E-state index in [1.165, 1.54) is 24.5 Å². The third-order valence-electron chi connectivity index (χ3n) is 4.16. The van der Waals surface area contributed by atoms with E-state index in [4.69, 9.17) is 4.74 Å². The summed E-state index contributed by atoms with van der Waals surface area (Å²) in [5.74, 6) is -0.0881. The zero-order valence-electron chi connectivity index (χ0n) is 15.9. The van der Waals surface area contributed by atoms with Crippen LogP contribution in [0, 0.1) is 0 Å². The molecule has 0 unspecified atom stereocenters. The summed E-state index contributed by atoms with van der Waals surface area (Å²) in [7, 11) is 0. The summed E-state index contributed by atoms with van der Waals surface area (Å²) >= 11 is 0. The first-order valence-corrected chi connectivity index (χ1v) is 9.03. The molecule has 0 fully saturated rings. The van der Waals surface area contributed by atoms with Crippen molar-refractivity contribution in [3.8, 4) is 17.0 Å². The highest BCUT2D eigenvalue weighted by atomic mass is 19.4. The van der Waals surface area contributed by atoms with Crippen molar-refractivity contribution in [1.29, 1.82) is 0 Å². The van der Waals surface area contributed by atoms with Crippen LogP contribution < -0.4 is 15.6 Å². The molecule has 0 aliphatic carbocycles. The number of amides is 1. The molecule has 0 saturated carbocycles. The van der Waals surface area contributed by atoms with Crippen molar-refractivity contribution < 1.29 is 22.7 Å². The van der Waals surface area contributed by atoms with Gasteiger partial charge in [-0.15, -0.1) is 0 Å². The first-order valence-electron chi connectivity index (χ1n) is 9.03. The Morgan fingerprint density at radius 1 is 1.13 bits per heavy atom. The van der Waals surface area contributed by atoms with Gasteiger partial charge < -0.3 is 10.1 Å². The van der Waals surface area contributed by atoms with E-state index >= 15 is 0 Å². The van der Waals surface area contributed by atoms with Gasteiger partial charge in [0.25, 0.3) is 5.56 Å². The Hall–Kier alpha value is -3.62. The number of nitrogens with zero attached hydrogens (tertiary/aromatic N) is 2. The normalized spacial score (nSPS) is 11.2. The van der Waals surface area contributed by atoms with Crippen molar-refractivity contribution in [2.24, 2.45) is 0 Å². The van der Waals surface area contributed by atoms with Crippen molar-refractivity contribution in [3.05, 3.63) is 76.8 Å². The van der Waals surface area contributed by atoms with Gasteiger partial charge in [-0.2, -0.15) is 13.2 Å². The van der Waals surface area contributed by atoms with Crippen LogP contribution >= 0.6 is 0 Å². The number of hydrogen-bond donors (Lipinski definition) is 1. The number of halogens is 3. The number of alkyl halides is 3. The first kappa shape index (κ1) is 21.1. The predicted molar refractivity (Wildman–Crippen MR) is 105 cm³/mol. The molecule has 0 spiro atoms. The van der Waals surface area contributed by atoms with Crippen LogP contribution in [0.5, 0.6) is 5.75 Å². The van der Waals surface area contributed by atoms with Crippen molar-refractivity contribution in [2.75, 3.05) is 11.9 Å². The number of ether oxygens (including phenoxy) is 1. The summed E-state index contributed by atoms with van der Waals surface area (Å²) in [4.78, 5) is 28.7. The molecule has 1 aromatic heterocycles. The van der Waals surface area contributed by atoms with E-state index in [0.717, 1.165) is 16.7 Å². The first-order chi connectivity index (χ1) is 14.3. The molecule has 2 aromatic carbocycles. The second-order valence-corrected chi connectivity index (χ2v) is 6.29. The molecule has 0 aliphatic heterocycles. The summed E-state index contributed by atoms with van der Waals surface area (Å²) in [6.45, 7) is 1.93. The van der Waals surface area contributed by atoms with Crippen molar-refractivity contribution >= 4 is 11.6 Å². The van der Waals surface area contributed by atoms with E-state index in [2.05, 4.69) is 10.3 Å². The number of rotatable bonds is 6. The van der Waals surface area contributed by atoms with Gasteiger partial charge in [-0.25, -0.2) is 4.98 Å². The molecule has 1 amide bonds. The van der Waals surface area contributed by atoms with Crippen LogP contribution in [-0.4, -0.2) is 22.1 Å². The maximum absolute atomic E-state index is 13.0. The lowest BCUT2D eigenvalue weighted by atomic mass is 10.1. The Kier molecular flexibility index (Phi) is 6.20. The Morgan fingerprint density at radius 3 is 2.47 bits per heavy atom. The summed E-state index contributed by atoms with van der Waals surface area (Å²) in [5.41, 5.74) is -0.752. The second-order valence-electron chi connectivity index (χ2n) is 6.29. The third kappa shape index (κ3) is 5.05. The number of aromatic nitrogens is 2. The molecule has 156 valence electrons. The maximum atomic E-state index is 13.0. The number of nitrogens with one attached hydrogen (secondary N) is 1. The number of para-hydroxylation sites is 1. The Labute approximate surface area is 170 Å².